The van der Waals surface area contributed by atoms with Gasteiger partial charge >= 0.3 is 6.09 Å². The number of hydrogen-bond acceptors (Lipinski definition) is 4. The summed E-state index contributed by atoms with van der Waals surface area (Å²) in [7, 11) is 0. The maximum absolute atomic E-state index is 13.5. The summed E-state index contributed by atoms with van der Waals surface area (Å²) in [6.45, 7) is 9.53. The average molecular weight is 456 g/mol. The Morgan fingerprint density at radius 2 is 1.85 bits per heavy atom. The number of carbonyl (C=O) groups is 2. The summed E-state index contributed by atoms with van der Waals surface area (Å²) in [5.74, 6) is -0.472. The van der Waals surface area contributed by atoms with E-state index in [2.05, 4.69) is 15.5 Å². The number of fused-ring (bicyclic) bond motifs is 1. The van der Waals surface area contributed by atoms with Gasteiger partial charge in [-0.25, -0.2) is 9.18 Å². The van der Waals surface area contributed by atoms with Gasteiger partial charge in [0.1, 0.15) is 18.5 Å². The Morgan fingerprint density at radius 3 is 2.55 bits per heavy atom. The number of hydrogen-bond donors (Lipinski definition) is 2. The van der Waals surface area contributed by atoms with Crippen LogP contribution in [0.2, 0.25) is 0 Å². The summed E-state index contributed by atoms with van der Waals surface area (Å²) in [5.41, 5.74) is 2.70. The van der Waals surface area contributed by atoms with Crippen molar-refractivity contribution < 1.29 is 18.7 Å². The molecule has 0 fully saturated rings. The maximum atomic E-state index is 13.5. The van der Waals surface area contributed by atoms with Gasteiger partial charge < -0.3 is 20.3 Å². The van der Waals surface area contributed by atoms with Gasteiger partial charge in [-0.1, -0.05) is 51.1 Å². The van der Waals surface area contributed by atoms with Gasteiger partial charge in [0.25, 0.3) is 0 Å². The lowest BCUT2D eigenvalue weighted by Crippen LogP contribution is -2.52. The van der Waals surface area contributed by atoms with Crippen LogP contribution in [-0.2, 0) is 22.6 Å². The Labute approximate surface area is 195 Å². The third-order valence-electron chi connectivity index (χ3n) is 5.55. The van der Waals surface area contributed by atoms with Crippen molar-refractivity contribution in [1.82, 2.24) is 10.6 Å². The van der Waals surface area contributed by atoms with Gasteiger partial charge in [-0.15, -0.1) is 0 Å². The Balaban J connectivity index is 1.56. The summed E-state index contributed by atoms with van der Waals surface area (Å²) < 4.78 is 18.8. The zero-order valence-corrected chi connectivity index (χ0v) is 19.9. The summed E-state index contributed by atoms with van der Waals surface area (Å²) in [5, 5.41) is 5.76. The van der Waals surface area contributed by atoms with Gasteiger partial charge in [0.2, 0.25) is 5.91 Å². The average Bonchev–Trinajstić information content (AvgIpc) is 3.13. The van der Waals surface area contributed by atoms with E-state index in [0.29, 0.717) is 13.0 Å². The van der Waals surface area contributed by atoms with E-state index in [1.54, 1.807) is 12.1 Å². The van der Waals surface area contributed by atoms with Crippen LogP contribution in [0, 0.1) is 11.2 Å². The van der Waals surface area contributed by atoms with Crippen molar-refractivity contribution in [2.75, 3.05) is 18.0 Å². The second-order valence-corrected chi connectivity index (χ2v) is 9.90. The smallest absolute Gasteiger partial charge is 0.408 e. The number of rotatable bonds is 8. The number of halogens is 1. The number of ether oxygens (including phenoxy) is 1. The van der Waals surface area contributed by atoms with E-state index in [9.17, 15) is 14.0 Å². The Morgan fingerprint density at radius 1 is 1.12 bits per heavy atom. The molecule has 0 spiro atoms. The first kappa shape index (κ1) is 24.6. The van der Waals surface area contributed by atoms with E-state index in [0.717, 1.165) is 29.8 Å². The fourth-order valence-electron chi connectivity index (χ4n) is 4.08. The van der Waals surface area contributed by atoms with Crippen molar-refractivity contribution in [3.63, 3.8) is 0 Å². The molecular weight excluding hydrogens is 421 g/mol. The Kier molecular flexibility index (Phi) is 7.95. The van der Waals surface area contributed by atoms with Crippen LogP contribution in [0.4, 0.5) is 14.9 Å². The first-order valence-electron chi connectivity index (χ1n) is 11.4. The molecule has 0 saturated heterocycles. The monoisotopic (exact) mass is 455 g/mol. The molecule has 2 N–H and O–H groups in total. The molecule has 1 aliphatic rings. The lowest BCUT2D eigenvalue weighted by Gasteiger charge is -2.29. The maximum Gasteiger partial charge on any atom is 0.408 e. The number of alkyl carbamates (subject to hydrolysis) is 1. The highest BCUT2D eigenvalue weighted by molar-refractivity contribution is 5.86. The number of nitrogens with one attached hydrogen (secondary N) is 2. The van der Waals surface area contributed by atoms with Crippen LogP contribution in [0.1, 0.15) is 45.2 Å². The van der Waals surface area contributed by atoms with Crippen LogP contribution in [0.5, 0.6) is 0 Å². The van der Waals surface area contributed by atoms with Crippen LogP contribution >= 0.6 is 0 Å². The minimum Gasteiger partial charge on any atom is -0.445 e. The van der Waals surface area contributed by atoms with Crippen LogP contribution in [0.3, 0.4) is 0 Å². The lowest BCUT2D eigenvalue weighted by atomic mass is 9.87. The molecule has 0 aliphatic carbocycles. The molecule has 2 aromatic carbocycles. The van der Waals surface area contributed by atoms with E-state index >= 15 is 0 Å². The molecule has 0 saturated carbocycles. The molecule has 3 rings (SSSR count). The molecule has 2 aromatic rings. The molecule has 0 unspecified atom stereocenters. The van der Waals surface area contributed by atoms with E-state index in [1.807, 2.05) is 58.0 Å². The van der Waals surface area contributed by atoms with Crippen LogP contribution in [-0.4, -0.2) is 37.2 Å². The summed E-state index contributed by atoms with van der Waals surface area (Å²) in [4.78, 5) is 27.6. The van der Waals surface area contributed by atoms with Crippen molar-refractivity contribution >= 4 is 17.7 Å². The Hall–Kier alpha value is -3.09. The fourth-order valence-corrected chi connectivity index (χ4v) is 4.08. The van der Waals surface area contributed by atoms with E-state index in [-0.39, 0.29) is 29.8 Å². The molecule has 7 heteroatoms. The molecule has 33 heavy (non-hydrogen) atoms. The van der Waals surface area contributed by atoms with Crippen molar-refractivity contribution in [2.24, 2.45) is 5.41 Å². The molecule has 0 aromatic heterocycles. The van der Waals surface area contributed by atoms with Gasteiger partial charge in [0.15, 0.2) is 0 Å². The standard InChI is InChI=1S/C26H34FN3O3/c1-18(16-30-13-12-20-14-21(27)10-11-23(20)30)28-24(31)22(15-26(2,3)4)29-25(32)33-17-19-8-6-5-7-9-19/h5-11,14,18,22H,12-13,15-17H2,1-4H3,(H,28,31)(H,29,32)/t18-,22-/m0/s1. The van der Waals surface area contributed by atoms with E-state index in [1.165, 1.54) is 6.07 Å². The second-order valence-electron chi connectivity index (χ2n) is 9.90. The highest BCUT2D eigenvalue weighted by Gasteiger charge is 2.29. The highest BCUT2D eigenvalue weighted by Crippen LogP contribution is 2.28. The molecular formula is C26H34FN3O3. The van der Waals surface area contributed by atoms with E-state index < -0.39 is 12.1 Å². The predicted molar refractivity (Wildman–Crippen MR) is 128 cm³/mol. The fraction of sp³-hybridized carbons (Fsp3) is 0.462. The highest BCUT2D eigenvalue weighted by atomic mass is 19.1. The number of anilines is 1. The zero-order valence-electron chi connectivity index (χ0n) is 19.9. The minimum atomic E-state index is -0.712. The molecule has 2 amide bonds. The van der Waals surface area contributed by atoms with Crippen molar-refractivity contribution in [3.05, 3.63) is 65.5 Å². The largest absolute Gasteiger partial charge is 0.445 e. The second kappa shape index (κ2) is 10.7. The molecule has 0 bridgehead atoms. The summed E-state index contributed by atoms with van der Waals surface area (Å²) in [6.07, 6.45) is 0.638. The molecule has 0 radical (unpaired) electrons. The van der Waals surface area contributed by atoms with Crippen molar-refractivity contribution in [3.8, 4) is 0 Å². The van der Waals surface area contributed by atoms with Gasteiger partial charge in [-0.3, -0.25) is 4.79 Å². The lowest BCUT2D eigenvalue weighted by molar-refractivity contribution is -0.124. The van der Waals surface area contributed by atoms with Gasteiger partial charge in [0, 0.05) is 24.8 Å². The van der Waals surface area contributed by atoms with Crippen LogP contribution in [0.15, 0.2) is 48.5 Å². The number of benzene rings is 2. The summed E-state index contributed by atoms with van der Waals surface area (Å²) in [6, 6.07) is 13.4. The SMILES string of the molecule is C[C@@H](CN1CCc2cc(F)ccc21)NC(=O)[C@H](CC(C)(C)C)NC(=O)OCc1ccccc1. The number of nitrogens with zero attached hydrogens (tertiary/aromatic N) is 1. The van der Waals surface area contributed by atoms with Crippen LogP contribution in [0.25, 0.3) is 0 Å². The zero-order chi connectivity index (χ0) is 24.0. The number of carbonyl (C=O) groups excluding carboxylic acids is 2. The van der Waals surface area contributed by atoms with E-state index in [4.69, 9.17) is 4.74 Å². The quantitative estimate of drug-likeness (QED) is 0.618. The van der Waals surface area contributed by atoms with Crippen molar-refractivity contribution in [2.45, 2.75) is 59.2 Å². The molecule has 6 nitrogen and oxygen atoms in total. The molecule has 1 aliphatic heterocycles. The first-order valence-corrected chi connectivity index (χ1v) is 11.4. The molecule has 178 valence electrons. The summed E-state index contributed by atoms with van der Waals surface area (Å²) >= 11 is 0. The first-order chi connectivity index (χ1) is 15.6. The Bertz CT molecular complexity index is 959. The normalized spacial score (nSPS) is 14.9. The third-order valence-corrected chi connectivity index (χ3v) is 5.55. The van der Waals surface area contributed by atoms with Gasteiger partial charge in [-0.2, -0.15) is 0 Å². The minimum absolute atomic E-state index is 0.141. The predicted octanol–water partition coefficient (Wildman–Crippen LogP) is 4.42. The van der Waals surface area contributed by atoms with Crippen molar-refractivity contribution in [1.29, 1.82) is 0 Å². The molecule has 1 heterocycles. The number of amides is 2. The molecule has 2 atom stereocenters. The van der Waals surface area contributed by atoms with Crippen LogP contribution < -0.4 is 15.5 Å². The topological polar surface area (TPSA) is 70.7 Å². The third kappa shape index (κ3) is 7.48. The van der Waals surface area contributed by atoms with Gasteiger partial charge in [-0.05, 0) is 54.5 Å². The van der Waals surface area contributed by atoms with Gasteiger partial charge in [0.05, 0.1) is 0 Å².